The Morgan fingerprint density at radius 2 is 1.76 bits per heavy atom. The van der Waals surface area contributed by atoms with Crippen molar-refractivity contribution < 1.29 is 22.7 Å². The van der Waals surface area contributed by atoms with Gasteiger partial charge < -0.3 is 4.74 Å². The first-order chi connectivity index (χ1) is 7.98. The monoisotopic (exact) mass is 252 g/mol. The average molecular weight is 252 g/mol. The maximum absolute atomic E-state index is 11.7. The molecule has 0 fully saturated rings. The number of carbonyl (C=O) groups excluding carboxylic acids is 1. The molecule has 0 N–H and O–H groups in total. The lowest BCUT2D eigenvalue weighted by Crippen LogP contribution is -2.25. The molecule has 2 nitrogen and oxygen atoms in total. The van der Waals surface area contributed by atoms with Crippen LogP contribution in [0.15, 0.2) is 12.2 Å². The number of halogens is 3. The molecule has 0 unspecified atom stereocenters. The second-order valence-electron chi connectivity index (χ2n) is 3.77. The minimum Gasteiger partial charge on any atom is -0.455 e. The van der Waals surface area contributed by atoms with Crippen LogP contribution in [0.25, 0.3) is 0 Å². The number of unbranched alkanes of at least 4 members (excludes halogenated alkanes) is 5. The lowest BCUT2D eigenvalue weighted by atomic mass is 10.1. The molecule has 0 spiro atoms. The molecule has 0 aromatic heterocycles. The maximum atomic E-state index is 11.7. The van der Waals surface area contributed by atoms with Gasteiger partial charge in [0.25, 0.3) is 0 Å². The number of rotatable bonds is 8. The van der Waals surface area contributed by atoms with Gasteiger partial charge in [0.05, 0.1) is 0 Å². The Labute approximate surface area is 99.8 Å². The van der Waals surface area contributed by atoms with Crippen molar-refractivity contribution in [3.05, 3.63) is 12.2 Å². The summed E-state index contributed by atoms with van der Waals surface area (Å²) < 4.78 is 39.1. The van der Waals surface area contributed by atoms with Gasteiger partial charge >= 0.3 is 12.1 Å². The molecule has 0 saturated carbocycles. The number of hydrogen-bond donors (Lipinski definition) is 0. The topological polar surface area (TPSA) is 26.3 Å². The molecule has 0 radical (unpaired) electrons. The molecule has 0 bridgehead atoms. The molecular formula is C12H19F3O2. The first-order valence-electron chi connectivity index (χ1n) is 5.87. The number of carbonyl (C=O) groups is 1. The summed E-state index contributed by atoms with van der Waals surface area (Å²) in [5.74, 6) is -2.13. The van der Waals surface area contributed by atoms with Gasteiger partial charge in [0.1, 0.15) is 6.61 Å². The minimum atomic E-state index is -4.89. The molecule has 0 aliphatic rings. The summed E-state index contributed by atoms with van der Waals surface area (Å²) in [6.07, 6.45) is 4.84. The number of allylic oxidation sites excluding steroid dienone is 1. The van der Waals surface area contributed by atoms with Crippen LogP contribution in [0.5, 0.6) is 0 Å². The largest absolute Gasteiger partial charge is 0.490 e. The third-order valence-electron chi connectivity index (χ3n) is 2.18. The Bertz CT molecular complexity index is 234. The van der Waals surface area contributed by atoms with Crippen molar-refractivity contribution in [1.29, 1.82) is 0 Å². The summed E-state index contributed by atoms with van der Waals surface area (Å²) in [5, 5.41) is 0. The lowest BCUT2D eigenvalue weighted by Gasteiger charge is -2.04. The highest BCUT2D eigenvalue weighted by Gasteiger charge is 2.40. The fraction of sp³-hybridized carbons (Fsp3) is 0.750. The highest BCUT2D eigenvalue weighted by atomic mass is 19.4. The predicted molar refractivity (Wildman–Crippen MR) is 59.5 cm³/mol. The van der Waals surface area contributed by atoms with E-state index in [4.69, 9.17) is 0 Å². The zero-order valence-electron chi connectivity index (χ0n) is 10.1. The van der Waals surface area contributed by atoms with Crippen LogP contribution in [0.2, 0.25) is 0 Å². The molecule has 0 aliphatic carbocycles. The molecule has 0 saturated heterocycles. The molecule has 17 heavy (non-hydrogen) atoms. The van der Waals surface area contributed by atoms with Crippen molar-refractivity contribution in [3.8, 4) is 0 Å². The number of hydrogen-bond acceptors (Lipinski definition) is 2. The van der Waals surface area contributed by atoms with Crippen LogP contribution in [-0.4, -0.2) is 18.8 Å². The van der Waals surface area contributed by atoms with E-state index in [0.717, 1.165) is 19.3 Å². The summed E-state index contributed by atoms with van der Waals surface area (Å²) in [6.45, 7) is 1.82. The second kappa shape index (κ2) is 9.07. The van der Waals surface area contributed by atoms with E-state index >= 15 is 0 Å². The van der Waals surface area contributed by atoms with Crippen molar-refractivity contribution >= 4 is 5.97 Å². The molecule has 0 aliphatic heterocycles. The van der Waals surface area contributed by atoms with Crippen molar-refractivity contribution in [2.75, 3.05) is 6.61 Å². The van der Waals surface area contributed by atoms with Crippen LogP contribution >= 0.6 is 0 Å². The fourth-order valence-electron chi connectivity index (χ4n) is 1.26. The zero-order valence-corrected chi connectivity index (χ0v) is 10.1. The summed E-state index contributed by atoms with van der Waals surface area (Å²) in [7, 11) is 0. The third kappa shape index (κ3) is 9.90. The van der Waals surface area contributed by atoms with E-state index < -0.39 is 12.1 Å². The van der Waals surface area contributed by atoms with E-state index in [1.807, 2.05) is 0 Å². The van der Waals surface area contributed by atoms with Gasteiger partial charge in [-0.15, -0.1) is 0 Å². The van der Waals surface area contributed by atoms with Crippen molar-refractivity contribution in [1.82, 2.24) is 0 Å². The van der Waals surface area contributed by atoms with Crippen molar-refractivity contribution in [2.24, 2.45) is 0 Å². The molecule has 0 heterocycles. The summed E-state index contributed by atoms with van der Waals surface area (Å²) in [5.41, 5.74) is 0. The van der Waals surface area contributed by atoms with Crippen LogP contribution in [0.3, 0.4) is 0 Å². The SMILES string of the molecule is CCCCCCC/C=C/COC(=O)C(F)(F)F. The van der Waals surface area contributed by atoms with E-state index in [1.54, 1.807) is 6.08 Å². The van der Waals surface area contributed by atoms with Gasteiger partial charge in [-0.1, -0.05) is 44.8 Å². The first kappa shape index (κ1) is 16.0. The van der Waals surface area contributed by atoms with Gasteiger partial charge in [0.15, 0.2) is 0 Å². The molecule has 100 valence electrons. The molecule has 0 aromatic rings. The Morgan fingerprint density at radius 1 is 1.12 bits per heavy atom. The van der Waals surface area contributed by atoms with Gasteiger partial charge in [0.2, 0.25) is 0 Å². The van der Waals surface area contributed by atoms with E-state index in [9.17, 15) is 18.0 Å². The molecular weight excluding hydrogens is 233 g/mol. The Kier molecular flexibility index (Phi) is 8.54. The summed E-state index contributed by atoms with van der Waals surface area (Å²) in [4.78, 5) is 10.3. The van der Waals surface area contributed by atoms with Crippen LogP contribution in [0.4, 0.5) is 13.2 Å². The average Bonchev–Trinajstić information content (AvgIpc) is 2.25. The fourth-order valence-corrected chi connectivity index (χ4v) is 1.26. The Balaban J connectivity index is 3.40. The quantitative estimate of drug-likeness (QED) is 0.370. The van der Waals surface area contributed by atoms with Crippen LogP contribution in [-0.2, 0) is 9.53 Å². The maximum Gasteiger partial charge on any atom is 0.490 e. The van der Waals surface area contributed by atoms with E-state index in [0.29, 0.717) is 0 Å². The third-order valence-corrected chi connectivity index (χ3v) is 2.18. The summed E-state index contributed by atoms with van der Waals surface area (Å²) >= 11 is 0. The smallest absolute Gasteiger partial charge is 0.455 e. The summed E-state index contributed by atoms with van der Waals surface area (Å²) in [6, 6.07) is 0. The van der Waals surface area contributed by atoms with Crippen LogP contribution in [0, 0.1) is 0 Å². The van der Waals surface area contributed by atoms with Gasteiger partial charge in [-0.3, -0.25) is 0 Å². The number of ether oxygens (including phenoxy) is 1. The highest BCUT2D eigenvalue weighted by Crippen LogP contribution is 2.16. The minimum absolute atomic E-state index is 0.312. The molecule has 0 aromatic carbocycles. The van der Waals surface area contributed by atoms with Gasteiger partial charge in [0, 0.05) is 0 Å². The lowest BCUT2D eigenvalue weighted by molar-refractivity contribution is -0.198. The zero-order chi connectivity index (χ0) is 13.1. The highest BCUT2D eigenvalue weighted by molar-refractivity contribution is 5.75. The number of esters is 1. The van der Waals surface area contributed by atoms with E-state index in [2.05, 4.69) is 11.7 Å². The molecule has 0 amide bonds. The molecule has 0 rings (SSSR count). The Hall–Kier alpha value is -1.00. The van der Waals surface area contributed by atoms with Gasteiger partial charge in [-0.25, -0.2) is 4.79 Å². The van der Waals surface area contributed by atoms with Gasteiger partial charge in [-0.2, -0.15) is 13.2 Å². The number of alkyl halides is 3. The van der Waals surface area contributed by atoms with Crippen molar-refractivity contribution in [2.45, 2.75) is 51.6 Å². The van der Waals surface area contributed by atoms with Gasteiger partial charge in [-0.05, 0) is 12.8 Å². The van der Waals surface area contributed by atoms with E-state index in [-0.39, 0.29) is 6.61 Å². The molecule has 5 heteroatoms. The van der Waals surface area contributed by atoms with Crippen LogP contribution < -0.4 is 0 Å². The second-order valence-corrected chi connectivity index (χ2v) is 3.77. The Morgan fingerprint density at radius 3 is 2.35 bits per heavy atom. The molecule has 0 atom stereocenters. The normalized spacial score (nSPS) is 12.0. The van der Waals surface area contributed by atoms with E-state index in [1.165, 1.54) is 25.3 Å². The van der Waals surface area contributed by atoms with Crippen LogP contribution in [0.1, 0.15) is 45.4 Å². The van der Waals surface area contributed by atoms with Crippen molar-refractivity contribution in [3.63, 3.8) is 0 Å². The predicted octanol–water partition coefficient (Wildman–Crippen LogP) is 4.01. The standard InChI is InChI=1S/C12H19F3O2/c1-2-3-4-5-6-7-8-9-10-17-11(16)12(13,14)15/h8-9H,2-7,10H2,1H3/b9-8+. The first-order valence-corrected chi connectivity index (χ1v) is 5.87.